The number of rotatable bonds is 5. The van der Waals surface area contributed by atoms with Crippen LogP contribution in [0.5, 0.6) is 0 Å². The van der Waals surface area contributed by atoms with E-state index in [9.17, 15) is 0 Å². The monoisotopic (exact) mass is 227 g/mol. The Morgan fingerprint density at radius 2 is 2.12 bits per heavy atom. The van der Waals surface area contributed by atoms with E-state index in [4.69, 9.17) is 9.78 Å². The Balaban J connectivity index is 1.87. The minimum Gasteiger partial charge on any atom is -0.360 e. The van der Waals surface area contributed by atoms with Crippen molar-refractivity contribution in [3.63, 3.8) is 0 Å². The summed E-state index contributed by atoms with van der Waals surface area (Å²) in [6.45, 7) is 1.19. The van der Waals surface area contributed by atoms with Crippen molar-refractivity contribution >= 4 is 0 Å². The van der Waals surface area contributed by atoms with Crippen LogP contribution in [-0.2, 0) is 6.54 Å². The summed E-state index contributed by atoms with van der Waals surface area (Å²) in [5.74, 6) is 0.633. The van der Waals surface area contributed by atoms with Gasteiger partial charge in [0, 0.05) is 12.6 Å². The van der Waals surface area contributed by atoms with E-state index in [2.05, 4.69) is 16.5 Å². The zero-order valence-electron chi connectivity index (χ0n) is 9.34. The van der Waals surface area contributed by atoms with Gasteiger partial charge in [-0.05, 0) is 5.56 Å². The second kappa shape index (κ2) is 5.83. The van der Waals surface area contributed by atoms with Crippen molar-refractivity contribution < 1.29 is 4.52 Å². The number of nitrogens with one attached hydrogen (secondary N) is 1. The van der Waals surface area contributed by atoms with Crippen molar-refractivity contribution in [1.82, 2.24) is 10.5 Å². The van der Waals surface area contributed by atoms with Gasteiger partial charge >= 0.3 is 0 Å². The van der Waals surface area contributed by atoms with E-state index in [0.29, 0.717) is 13.1 Å². The molecule has 0 amide bonds. The van der Waals surface area contributed by atoms with Gasteiger partial charge in [-0.1, -0.05) is 35.5 Å². The lowest BCUT2D eigenvalue weighted by Gasteiger charge is -2.09. The second-order valence-electron chi connectivity index (χ2n) is 3.70. The topological polar surface area (TPSA) is 61.9 Å². The van der Waals surface area contributed by atoms with Gasteiger partial charge in [-0.15, -0.1) is 0 Å². The van der Waals surface area contributed by atoms with Crippen LogP contribution in [0.4, 0.5) is 0 Å². The molecule has 0 spiro atoms. The summed E-state index contributed by atoms with van der Waals surface area (Å²) >= 11 is 0. The standard InChI is InChI=1S/C13H13N3O/c14-8-12(11-4-2-1-3-5-11)9-15-10-13-6-7-16-17-13/h1-7,12,15H,9-10H2. The molecule has 17 heavy (non-hydrogen) atoms. The molecule has 86 valence electrons. The van der Waals surface area contributed by atoms with Crippen LogP contribution in [0, 0.1) is 11.3 Å². The summed E-state index contributed by atoms with van der Waals surface area (Å²) in [4.78, 5) is 0. The van der Waals surface area contributed by atoms with E-state index in [1.807, 2.05) is 30.3 Å². The highest BCUT2D eigenvalue weighted by Gasteiger charge is 2.09. The minimum atomic E-state index is -0.140. The molecular formula is C13H13N3O. The highest BCUT2D eigenvalue weighted by molar-refractivity contribution is 5.25. The summed E-state index contributed by atoms with van der Waals surface area (Å²) in [6, 6.07) is 13.8. The lowest BCUT2D eigenvalue weighted by Crippen LogP contribution is -2.20. The van der Waals surface area contributed by atoms with E-state index in [0.717, 1.165) is 11.3 Å². The maximum Gasteiger partial charge on any atom is 0.150 e. The SMILES string of the molecule is N#CC(CNCc1ccno1)c1ccccc1. The van der Waals surface area contributed by atoms with Gasteiger partial charge in [-0.2, -0.15) is 5.26 Å². The third kappa shape index (κ3) is 3.16. The van der Waals surface area contributed by atoms with Gasteiger partial charge in [0.05, 0.1) is 24.7 Å². The molecule has 0 fully saturated rings. The largest absolute Gasteiger partial charge is 0.360 e. The molecule has 1 aromatic carbocycles. The molecule has 0 aliphatic rings. The lowest BCUT2D eigenvalue weighted by molar-refractivity contribution is 0.372. The molecule has 1 heterocycles. The van der Waals surface area contributed by atoms with Crippen LogP contribution >= 0.6 is 0 Å². The van der Waals surface area contributed by atoms with E-state index in [1.165, 1.54) is 0 Å². The predicted molar refractivity (Wildman–Crippen MR) is 63.0 cm³/mol. The molecule has 0 radical (unpaired) electrons. The average molecular weight is 227 g/mol. The maximum absolute atomic E-state index is 9.11. The molecule has 0 saturated heterocycles. The zero-order chi connectivity index (χ0) is 11.9. The Hall–Kier alpha value is -2.12. The van der Waals surface area contributed by atoms with Gasteiger partial charge in [0.25, 0.3) is 0 Å². The van der Waals surface area contributed by atoms with Gasteiger partial charge in [-0.25, -0.2) is 0 Å². The van der Waals surface area contributed by atoms with Crippen LogP contribution in [-0.4, -0.2) is 11.7 Å². The van der Waals surface area contributed by atoms with Crippen molar-refractivity contribution in [2.45, 2.75) is 12.5 Å². The molecule has 1 atom stereocenters. The van der Waals surface area contributed by atoms with Gasteiger partial charge in [-0.3, -0.25) is 0 Å². The van der Waals surface area contributed by atoms with Crippen LogP contribution in [0.1, 0.15) is 17.2 Å². The third-order valence-corrected chi connectivity index (χ3v) is 2.50. The zero-order valence-corrected chi connectivity index (χ0v) is 9.34. The van der Waals surface area contributed by atoms with Gasteiger partial charge in [0.2, 0.25) is 0 Å². The van der Waals surface area contributed by atoms with Crippen LogP contribution in [0.25, 0.3) is 0 Å². The summed E-state index contributed by atoms with van der Waals surface area (Å²) in [6.07, 6.45) is 1.61. The fraction of sp³-hybridized carbons (Fsp3) is 0.231. The van der Waals surface area contributed by atoms with Crippen LogP contribution in [0.2, 0.25) is 0 Å². The van der Waals surface area contributed by atoms with E-state index >= 15 is 0 Å². The first-order valence-electron chi connectivity index (χ1n) is 5.45. The predicted octanol–water partition coefficient (Wildman–Crippen LogP) is 2.07. The molecule has 1 aromatic heterocycles. The smallest absolute Gasteiger partial charge is 0.150 e. The Morgan fingerprint density at radius 3 is 2.76 bits per heavy atom. The molecule has 0 saturated carbocycles. The minimum absolute atomic E-state index is 0.140. The van der Waals surface area contributed by atoms with Crippen molar-refractivity contribution in [3.8, 4) is 6.07 Å². The summed E-state index contributed by atoms with van der Waals surface area (Å²) in [5, 5.41) is 15.9. The number of hydrogen-bond acceptors (Lipinski definition) is 4. The quantitative estimate of drug-likeness (QED) is 0.849. The van der Waals surface area contributed by atoms with Gasteiger partial charge in [0.15, 0.2) is 0 Å². The van der Waals surface area contributed by atoms with E-state index in [-0.39, 0.29) is 5.92 Å². The maximum atomic E-state index is 9.11. The summed E-state index contributed by atoms with van der Waals surface area (Å²) in [5.41, 5.74) is 1.03. The number of aromatic nitrogens is 1. The molecule has 2 aromatic rings. The second-order valence-corrected chi connectivity index (χ2v) is 3.70. The first-order chi connectivity index (χ1) is 8.40. The Bertz CT molecular complexity index is 473. The summed E-state index contributed by atoms with van der Waals surface area (Å²) in [7, 11) is 0. The van der Waals surface area contributed by atoms with Crippen LogP contribution < -0.4 is 5.32 Å². The molecule has 2 rings (SSSR count). The Labute approximate surface area is 99.9 Å². The summed E-state index contributed by atoms with van der Waals surface area (Å²) < 4.78 is 4.96. The molecule has 4 heteroatoms. The van der Waals surface area contributed by atoms with Gasteiger partial charge in [0.1, 0.15) is 5.76 Å². The molecule has 1 unspecified atom stereocenters. The highest BCUT2D eigenvalue weighted by atomic mass is 16.5. The third-order valence-electron chi connectivity index (χ3n) is 2.50. The van der Waals surface area contributed by atoms with Crippen molar-refractivity contribution in [3.05, 3.63) is 53.9 Å². The number of nitrogens with zero attached hydrogens (tertiary/aromatic N) is 2. The molecule has 0 aliphatic carbocycles. The molecule has 0 aliphatic heterocycles. The van der Waals surface area contributed by atoms with Crippen LogP contribution in [0.3, 0.4) is 0 Å². The van der Waals surface area contributed by atoms with Crippen molar-refractivity contribution in [1.29, 1.82) is 5.26 Å². The first-order valence-corrected chi connectivity index (χ1v) is 5.45. The highest BCUT2D eigenvalue weighted by Crippen LogP contribution is 2.13. The average Bonchev–Trinajstić information content (AvgIpc) is 2.89. The molecule has 0 bridgehead atoms. The van der Waals surface area contributed by atoms with E-state index in [1.54, 1.807) is 12.3 Å². The fourth-order valence-corrected chi connectivity index (χ4v) is 1.60. The van der Waals surface area contributed by atoms with Crippen molar-refractivity contribution in [2.24, 2.45) is 0 Å². The fourth-order valence-electron chi connectivity index (χ4n) is 1.60. The Kier molecular flexibility index (Phi) is 3.90. The Morgan fingerprint density at radius 1 is 1.29 bits per heavy atom. The lowest BCUT2D eigenvalue weighted by atomic mass is 10.0. The van der Waals surface area contributed by atoms with Crippen molar-refractivity contribution in [2.75, 3.05) is 6.54 Å². The van der Waals surface area contributed by atoms with Crippen LogP contribution in [0.15, 0.2) is 47.1 Å². The first kappa shape index (κ1) is 11.4. The normalized spacial score (nSPS) is 11.9. The number of hydrogen-bond donors (Lipinski definition) is 1. The molecule has 1 N–H and O–H groups in total. The van der Waals surface area contributed by atoms with Gasteiger partial charge < -0.3 is 9.84 Å². The number of benzene rings is 1. The molecule has 4 nitrogen and oxygen atoms in total. The number of nitriles is 1. The molecular weight excluding hydrogens is 214 g/mol. The van der Waals surface area contributed by atoms with E-state index < -0.39 is 0 Å².